The highest BCUT2D eigenvalue weighted by molar-refractivity contribution is 5.81. The normalized spacial score (nSPS) is 12.5. The molecule has 0 aliphatic carbocycles. The molecule has 0 aliphatic rings. The second-order valence-electron chi connectivity index (χ2n) is 5.37. The Morgan fingerprint density at radius 1 is 1.23 bits per heavy atom. The fourth-order valence-electron chi connectivity index (χ4n) is 2.41. The lowest BCUT2D eigenvalue weighted by Crippen LogP contribution is -2.22. The molecule has 1 aromatic heterocycles. The topological polar surface area (TPSA) is 70.3 Å². The molecule has 3 aromatic rings. The predicted octanol–water partition coefficient (Wildman–Crippen LogP) is 2.10. The Labute approximate surface area is 128 Å². The molecule has 0 radical (unpaired) electrons. The summed E-state index contributed by atoms with van der Waals surface area (Å²) >= 11 is 0. The monoisotopic (exact) mass is 297 g/mol. The number of aliphatic hydroxyl groups is 2. The standard InChI is InChI=1S/C17H19N3O2/c1-12-3-2-4-14(7-12)20-11-19-16-8-13(5-6-17(16)20)18-9-15(22)10-21/h2-8,11,15,18,21-22H,9-10H2,1H3. The van der Waals surface area contributed by atoms with Gasteiger partial charge in [0.05, 0.1) is 23.7 Å². The number of fused-ring (bicyclic) bond motifs is 1. The van der Waals surface area contributed by atoms with Crippen LogP contribution in [0.1, 0.15) is 5.56 Å². The molecule has 22 heavy (non-hydrogen) atoms. The lowest BCUT2D eigenvalue weighted by atomic mass is 10.2. The van der Waals surface area contributed by atoms with Crippen molar-refractivity contribution in [3.05, 3.63) is 54.4 Å². The Morgan fingerprint density at radius 3 is 2.86 bits per heavy atom. The van der Waals surface area contributed by atoms with Crippen LogP contribution in [0.3, 0.4) is 0 Å². The number of anilines is 1. The number of nitrogens with one attached hydrogen (secondary N) is 1. The van der Waals surface area contributed by atoms with Crippen LogP contribution in [0.25, 0.3) is 16.7 Å². The van der Waals surface area contributed by atoms with E-state index in [1.54, 1.807) is 0 Å². The summed E-state index contributed by atoms with van der Waals surface area (Å²) in [6, 6.07) is 14.1. The maximum Gasteiger partial charge on any atom is 0.100 e. The summed E-state index contributed by atoms with van der Waals surface area (Å²) in [5.41, 5.74) is 5.06. The largest absolute Gasteiger partial charge is 0.394 e. The van der Waals surface area contributed by atoms with Gasteiger partial charge in [-0.25, -0.2) is 4.98 Å². The Morgan fingerprint density at radius 2 is 2.09 bits per heavy atom. The van der Waals surface area contributed by atoms with E-state index in [0.29, 0.717) is 6.54 Å². The van der Waals surface area contributed by atoms with Gasteiger partial charge in [-0.2, -0.15) is 0 Å². The molecular formula is C17H19N3O2. The van der Waals surface area contributed by atoms with Crippen molar-refractivity contribution in [2.24, 2.45) is 0 Å². The zero-order chi connectivity index (χ0) is 15.5. The summed E-state index contributed by atoms with van der Waals surface area (Å²) in [5.74, 6) is 0. The first-order chi connectivity index (χ1) is 10.7. The second-order valence-corrected chi connectivity index (χ2v) is 5.37. The molecule has 3 N–H and O–H groups in total. The van der Waals surface area contributed by atoms with Crippen molar-refractivity contribution in [3.8, 4) is 5.69 Å². The van der Waals surface area contributed by atoms with Crippen LogP contribution in [0.15, 0.2) is 48.8 Å². The number of nitrogens with zero attached hydrogens (tertiary/aromatic N) is 2. The van der Waals surface area contributed by atoms with Crippen molar-refractivity contribution in [3.63, 3.8) is 0 Å². The van der Waals surface area contributed by atoms with Gasteiger partial charge in [0, 0.05) is 17.9 Å². The third-order valence-electron chi connectivity index (χ3n) is 3.58. The minimum absolute atomic E-state index is 0.253. The highest BCUT2D eigenvalue weighted by atomic mass is 16.3. The molecule has 0 saturated carbocycles. The van der Waals surface area contributed by atoms with Crippen LogP contribution in [0.4, 0.5) is 5.69 Å². The molecular weight excluding hydrogens is 278 g/mol. The smallest absolute Gasteiger partial charge is 0.100 e. The van der Waals surface area contributed by atoms with Gasteiger partial charge in [-0.1, -0.05) is 12.1 Å². The number of rotatable bonds is 5. The summed E-state index contributed by atoms with van der Waals surface area (Å²) in [5, 5.41) is 21.3. The molecule has 5 heteroatoms. The maximum atomic E-state index is 9.38. The van der Waals surface area contributed by atoms with E-state index in [9.17, 15) is 5.11 Å². The van der Waals surface area contributed by atoms with Crippen LogP contribution in [0, 0.1) is 6.92 Å². The van der Waals surface area contributed by atoms with Gasteiger partial charge in [0.2, 0.25) is 0 Å². The average Bonchev–Trinajstić information content (AvgIpc) is 2.95. The van der Waals surface area contributed by atoms with Crippen LogP contribution in [0.5, 0.6) is 0 Å². The Balaban J connectivity index is 1.89. The van der Waals surface area contributed by atoms with Gasteiger partial charge in [-0.3, -0.25) is 4.57 Å². The van der Waals surface area contributed by atoms with Gasteiger partial charge in [0.25, 0.3) is 0 Å². The van der Waals surface area contributed by atoms with E-state index in [0.717, 1.165) is 22.4 Å². The first kappa shape index (κ1) is 14.6. The van der Waals surface area contributed by atoms with Crippen LogP contribution in [-0.2, 0) is 0 Å². The van der Waals surface area contributed by atoms with Crippen molar-refractivity contribution in [1.29, 1.82) is 0 Å². The first-order valence-electron chi connectivity index (χ1n) is 7.24. The van der Waals surface area contributed by atoms with Gasteiger partial charge in [0.15, 0.2) is 0 Å². The number of hydrogen-bond donors (Lipinski definition) is 3. The average molecular weight is 297 g/mol. The Bertz CT molecular complexity index is 782. The van der Waals surface area contributed by atoms with E-state index in [1.165, 1.54) is 5.56 Å². The molecule has 0 amide bonds. The highest BCUT2D eigenvalue weighted by Gasteiger charge is 2.07. The number of aromatic nitrogens is 2. The summed E-state index contributed by atoms with van der Waals surface area (Å²) in [4.78, 5) is 4.44. The van der Waals surface area contributed by atoms with Crippen LogP contribution in [-0.4, -0.2) is 39.0 Å². The second kappa shape index (κ2) is 6.17. The predicted molar refractivity (Wildman–Crippen MR) is 87.4 cm³/mol. The maximum absolute atomic E-state index is 9.38. The van der Waals surface area contributed by atoms with E-state index in [1.807, 2.05) is 30.6 Å². The Kier molecular flexibility index (Phi) is 4.09. The molecule has 0 spiro atoms. The molecule has 1 heterocycles. The van der Waals surface area contributed by atoms with Crippen molar-refractivity contribution < 1.29 is 10.2 Å². The molecule has 5 nitrogen and oxygen atoms in total. The summed E-state index contributed by atoms with van der Waals surface area (Å²) in [6.07, 6.45) is 1.05. The number of aryl methyl sites for hydroxylation is 1. The number of benzene rings is 2. The molecule has 0 aliphatic heterocycles. The molecule has 0 saturated heterocycles. The van der Waals surface area contributed by atoms with Gasteiger partial charge < -0.3 is 15.5 Å². The molecule has 1 atom stereocenters. The zero-order valence-corrected chi connectivity index (χ0v) is 12.4. The van der Waals surface area contributed by atoms with Crippen molar-refractivity contribution in [2.45, 2.75) is 13.0 Å². The minimum atomic E-state index is -0.763. The minimum Gasteiger partial charge on any atom is -0.394 e. The molecule has 0 fully saturated rings. The zero-order valence-electron chi connectivity index (χ0n) is 12.4. The number of imidazole rings is 1. The van der Waals surface area contributed by atoms with E-state index in [-0.39, 0.29) is 6.61 Å². The lowest BCUT2D eigenvalue weighted by Gasteiger charge is -2.10. The third-order valence-corrected chi connectivity index (χ3v) is 3.58. The van der Waals surface area contributed by atoms with Gasteiger partial charge in [-0.05, 0) is 42.8 Å². The quantitative estimate of drug-likeness (QED) is 0.674. The molecule has 0 bridgehead atoms. The van der Waals surface area contributed by atoms with Crippen LogP contribution in [0.2, 0.25) is 0 Å². The lowest BCUT2D eigenvalue weighted by molar-refractivity contribution is 0.105. The number of hydrogen-bond acceptors (Lipinski definition) is 4. The van der Waals surface area contributed by atoms with Crippen LogP contribution < -0.4 is 5.32 Å². The van der Waals surface area contributed by atoms with E-state index >= 15 is 0 Å². The van der Waals surface area contributed by atoms with Crippen molar-refractivity contribution >= 4 is 16.7 Å². The van der Waals surface area contributed by atoms with E-state index in [4.69, 9.17) is 5.11 Å². The fourth-order valence-corrected chi connectivity index (χ4v) is 2.41. The molecule has 3 rings (SSSR count). The molecule has 114 valence electrons. The highest BCUT2D eigenvalue weighted by Crippen LogP contribution is 2.22. The molecule has 1 unspecified atom stereocenters. The Hall–Kier alpha value is -2.37. The van der Waals surface area contributed by atoms with Gasteiger partial charge >= 0.3 is 0 Å². The number of aliphatic hydroxyl groups excluding tert-OH is 2. The van der Waals surface area contributed by atoms with E-state index < -0.39 is 6.10 Å². The van der Waals surface area contributed by atoms with Gasteiger partial charge in [0.1, 0.15) is 6.33 Å². The first-order valence-corrected chi connectivity index (χ1v) is 7.24. The van der Waals surface area contributed by atoms with Crippen molar-refractivity contribution in [2.75, 3.05) is 18.5 Å². The third kappa shape index (κ3) is 2.95. The summed E-state index contributed by atoms with van der Waals surface area (Å²) in [6.45, 7) is 2.12. The summed E-state index contributed by atoms with van der Waals surface area (Å²) in [7, 11) is 0. The van der Waals surface area contributed by atoms with Gasteiger partial charge in [-0.15, -0.1) is 0 Å². The van der Waals surface area contributed by atoms with E-state index in [2.05, 4.69) is 40.0 Å². The SMILES string of the molecule is Cc1cccc(-n2cnc3cc(NCC(O)CO)ccc32)c1. The van der Waals surface area contributed by atoms with Crippen molar-refractivity contribution in [1.82, 2.24) is 9.55 Å². The fraction of sp³-hybridized carbons (Fsp3) is 0.235. The summed E-state index contributed by atoms with van der Waals surface area (Å²) < 4.78 is 2.05. The molecule has 2 aromatic carbocycles. The van der Waals surface area contributed by atoms with Crippen LogP contribution >= 0.6 is 0 Å².